The largest absolute Gasteiger partial charge is 0.497 e. The Kier molecular flexibility index (Phi) is 7.06. The maximum atomic E-state index is 13.6. The second-order valence-corrected chi connectivity index (χ2v) is 8.91. The van der Waals surface area contributed by atoms with Gasteiger partial charge in [0.1, 0.15) is 11.5 Å². The van der Waals surface area contributed by atoms with Crippen LogP contribution in [0.3, 0.4) is 0 Å². The van der Waals surface area contributed by atoms with Crippen molar-refractivity contribution in [2.24, 2.45) is 5.92 Å². The van der Waals surface area contributed by atoms with Gasteiger partial charge in [-0.05, 0) is 56.5 Å². The Hall–Kier alpha value is -3.22. The molecule has 2 atom stereocenters. The molecule has 2 unspecified atom stereocenters. The number of aryl methyl sites for hydroxylation is 1. The van der Waals surface area contributed by atoms with Crippen LogP contribution in [-0.4, -0.2) is 62.1 Å². The standard InChI is InChI=1S/C26H33N3O4/c1-18-7-9-19(10-8-18)27-26(31)29-16-22(21-15-20(32-2)11-12-24(21)33-3)23(17-29)25(30)28-13-5-4-6-14-28/h7-12,15,22-23H,4-6,13-14,16-17H2,1-3H3,(H,27,31). The zero-order chi connectivity index (χ0) is 23.4. The maximum Gasteiger partial charge on any atom is 0.321 e. The van der Waals surface area contributed by atoms with E-state index < -0.39 is 0 Å². The molecule has 0 spiro atoms. The van der Waals surface area contributed by atoms with Crippen molar-refractivity contribution in [3.63, 3.8) is 0 Å². The number of urea groups is 1. The lowest BCUT2D eigenvalue weighted by atomic mass is 9.86. The highest BCUT2D eigenvalue weighted by Gasteiger charge is 2.43. The van der Waals surface area contributed by atoms with Gasteiger partial charge in [-0.3, -0.25) is 4.79 Å². The minimum atomic E-state index is -0.326. The molecule has 7 heteroatoms. The van der Waals surface area contributed by atoms with Gasteiger partial charge in [-0.15, -0.1) is 0 Å². The lowest BCUT2D eigenvalue weighted by molar-refractivity contribution is -0.136. The quantitative estimate of drug-likeness (QED) is 0.737. The molecular weight excluding hydrogens is 418 g/mol. The minimum absolute atomic E-state index is 0.121. The Morgan fingerprint density at radius 1 is 0.909 bits per heavy atom. The molecule has 3 amide bonds. The van der Waals surface area contributed by atoms with Gasteiger partial charge in [0.15, 0.2) is 0 Å². The van der Waals surface area contributed by atoms with E-state index in [4.69, 9.17) is 9.47 Å². The summed E-state index contributed by atoms with van der Waals surface area (Å²) in [5, 5.41) is 2.98. The summed E-state index contributed by atoms with van der Waals surface area (Å²) in [6, 6.07) is 13.2. The van der Waals surface area contributed by atoms with Gasteiger partial charge in [0, 0.05) is 43.3 Å². The van der Waals surface area contributed by atoms with E-state index in [2.05, 4.69) is 5.32 Å². The van der Waals surface area contributed by atoms with Gasteiger partial charge in [-0.25, -0.2) is 4.79 Å². The number of anilines is 1. The molecule has 0 radical (unpaired) electrons. The lowest BCUT2D eigenvalue weighted by Gasteiger charge is -2.31. The van der Waals surface area contributed by atoms with Crippen molar-refractivity contribution in [3.8, 4) is 11.5 Å². The number of methoxy groups -OCH3 is 2. The summed E-state index contributed by atoms with van der Waals surface area (Å²) in [6.07, 6.45) is 3.22. The van der Waals surface area contributed by atoms with Crippen LogP contribution in [0.1, 0.15) is 36.3 Å². The fourth-order valence-corrected chi connectivity index (χ4v) is 4.85. The number of hydrogen-bond donors (Lipinski definition) is 1. The summed E-state index contributed by atoms with van der Waals surface area (Å²) in [4.78, 5) is 30.4. The van der Waals surface area contributed by atoms with Crippen LogP contribution in [-0.2, 0) is 4.79 Å². The molecule has 0 saturated carbocycles. The van der Waals surface area contributed by atoms with Crippen molar-refractivity contribution in [2.45, 2.75) is 32.1 Å². The average molecular weight is 452 g/mol. The SMILES string of the molecule is COc1ccc(OC)c(C2CN(C(=O)Nc3ccc(C)cc3)CC2C(=O)N2CCCCC2)c1. The molecule has 7 nitrogen and oxygen atoms in total. The normalized spacial score (nSPS) is 20.5. The highest BCUT2D eigenvalue weighted by molar-refractivity contribution is 5.91. The Labute approximate surface area is 195 Å². The molecule has 0 aromatic heterocycles. The van der Waals surface area contributed by atoms with Gasteiger partial charge in [0.05, 0.1) is 20.1 Å². The topological polar surface area (TPSA) is 71.1 Å². The number of nitrogens with one attached hydrogen (secondary N) is 1. The molecule has 2 aliphatic heterocycles. The van der Waals surface area contributed by atoms with Crippen molar-refractivity contribution < 1.29 is 19.1 Å². The average Bonchev–Trinajstić information content (AvgIpc) is 3.30. The highest BCUT2D eigenvalue weighted by Crippen LogP contribution is 2.40. The summed E-state index contributed by atoms with van der Waals surface area (Å²) < 4.78 is 11.1. The number of amides is 3. The second-order valence-electron chi connectivity index (χ2n) is 8.91. The third-order valence-corrected chi connectivity index (χ3v) is 6.73. The Morgan fingerprint density at radius 2 is 1.64 bits per heavy atom. The summed E-state index contributed by atoms with van der Waals surface area (Å²) in [6.45, 7) is 4.39. The van der Waals surface area contributed by atoms with Crippen molar-refractivity contribution >= 4 is 17.6 Å². The number of piperidine rings is 1. The van der Waals surface area contributed by atoms with E-state index in [1.54, 1.807) is 19.1 Å². The molecule has 0 aliphatic carbocycles. The van der Waals surface area contributed by atoms with Crippen LogP contribution in [0.15, 0.2) is 42.5 Å². The van der Waals surface area contributed by atoms with Gasteiger partial charge >= 0.3 is 6.03 Å². The van der Waals surface area contributed by atoms with Crippen molar-refractivity contribution in [1.29, 1.82) is 0 Å². The van der Waals surface area contributed by atoms with E-state index in [9.17, 15) is 9.59 Å². The molecule has 2 fully saturated rings. The summed E-state index contributed by atoms with van der Waals surface area (Å²) >= 11 is 0. The predicted molar refractivity (Wildman–Crippen MR) is 128 cm³/mol. The van der Waals surface area contributed by atoms with E-state index in [1.807, 2.05) is 54.3 Å². The number of likely N-dealkylation sites (tertiary alicyclic amines) is 2. The van der Waals surface area contributed by atoms with E-state index in [0.717, 1.165) is 49.2 Å². The van der Waals surface area contributed by atoms with Crippen LogP contribution in [0.25, 0.3) is 0 Å². The van der Waals surface area contributed by atoms with Crippen molar-refractivity contribution in [2.75, 3.05) is 45.7 Å². The second kappa shape index (κ2) is 10.1. The number of hydrogen-bond acceptors (Lipinski definition) is 4. The number of ether oxygens (including phenoxy) is 2. The predicted octanol–water partition coefficient (Wildman–Crippen LogP) is 4.27. The lowest BCUT2D eigenvalue weighted by Crippen LogP contribution is -2.42. The first-order chi connectivity index (χ1) is 16.0. The number of carbonyl (C=O) groups excluding carboxylic acids is 2. The van der Waals surface area contributed by atoms with Crippen LogP contribution in [0.5, 0.6) is 11.5 Å². The van der Waals surface area contributed by atoms with E-state index in [-0.39, 0.29) is 23.8 Å². The first-order valence-electron chi connectivity index (χ1n) is 11.6. The monoisotopic (exact) mass is 451 g/mol. The van der Waals surface area contributed by atoms with Gasteiger partial charge in [0.25, 0.3) is 0 Å². The Morgan fingerprint density at radius 3 is 2.30 bits per heavy atom. The molecule has 2 aliphatic rings. The molecule has 33 heavy (non-hydrogen) atoms. The highest BCUT2D eigenvalue weighted by atomic mass is 16.5. The van der Waals surface area contributed by atoms with E-state index in [0.29, 0.717) is 24.6 Å². The van der Waals surface area contributed by atoms with Crippen LogP contribution >= 0.6 is 0 Å². The van der Waals surface area contributed by atoms with Gasteiger partial charge < -0.3 is 24.6 Å². The molecule has 2 saturated heterocycles. The zero-order valence-electron chi connectivity index (χ0n) is 19.7. The molecule has 2 aromatic rings. The molecule has 2 aromatic carbocycles. The molecule has 176 valence electrons. The van der Waals surface area contributed by atoms with Crippen LogP contribution in [0.4, 0.5) is 10.5 Å². The number of nitrogens with zero attached hydrogens (tertiary/aromatic N) is 2. The fourth-order valence-electron chi connectivity index (χ4n) is 4.85. The number of benzene rings is 2. The maximum absolute atomic E-state index is 13.6. The molecule has 4 rings (SSSR count). The Balaban J connectivity index is 1.61. The van der Waals surface area contributed by atoms with Gasteiger partial charge in [-0.2, -0.15) is 0 Å². The molecular formula is C26H33N3O4. The summed E-state index contributed by atoms with van der Waals surface area (Å²) in [5.74, 6) is 1.03. The minimum Gasteiger partial charge on any atom is -0.497 e. The first-order valence-corrected chi connectivity index (χ1v) is 11.6. The van der Waals surface area contributed by atoms with Crippen LogP contribution in [0.2, 0.25) is 0 Å². The first kappa shape index (κ1) is 23.0. The summed E-state index contributed by atoms with van der Waals surface area (Å²) in [7, 11) is 3.25. The smallest absolute Gasteiger partial charge is 0.321 e. The molecule has 1 N–H and O–H groups in total. The third kappa shape index (κ3) is 5.07. The van der Waals surface area contributed by atoms with Gasteiger partial charge in [0.2, 0.25) is 5.91 Å². The summed E-state index contributed by atoms with van der Waals surface area (Å²) in [5.41, 5.74) is 2.77. The van der Waals surface area contributed by atoms with E-state index in [1.165, 1.54) is 0 Å². The third-order valence-electron chi connectivity index (χ3n) is 6.73. The molecule has 2 heterocycles. The number of carbonyl (C=O) groups is 2. The van der Waals surface area contributed by atoms with Crippen LogP contribution in [0, 0.1) is 12.8 Å². The van der Waals surface area contributed by atoms with Crippen molar-refractivity contribution in [1.82, 2.24) is 9.80 Å². The van der Waals surface area contributed by atoms with E-state index >= 15 is 0 Å². The fraction of sp³-hybridized carbons (Fsp3) is 0.462. The molecule has 0 bridgehead atoms. The zero-order valence-corrected chi connectivity index (χ0v) is 19.7. The Bertz CT molecular complexity index is 986. The van der Waals surface area contributed by atoms with Gasteiger partial charge in [-0.1, -0.05) is 17.7 Å². The van der Waals surface area contributed by atoms with Crippen LogP contribution < -0.4 is 14.8 Å². The van der Waals surface area contributed by atoms with Crippen molar-refractivity contribution in [3.05, 3.63) is 53.6 Å². The number of rotatable bonds is 5.